The van der Waals surface area contributed by atoms with Crippen molar-refractivity contribution in [2.24, 2.45) is 0 Å². The molecular formula is C28H32N6OS. The third kappa shape index (κ3) is 6.13. The summed E-state index contributed by atoms with van der Waals surface area (Å²) >= 11 is 1.72. The van der Waals surface area contributed by atoms with E-state index in [1.165, 1.54) is 5.56 Å². The van der Waals surface area contributed by atoms with Crippen LogP contribution < -0.4 is 5.32 Å². The van der Waals surface area contributed by atoms with Crippen LogP contribution in [0.5, 0.6) is 0 Å². The molecule has 0 atom stereocenters. The van der Waals surface area contributed by atoms with Crippen LogP contribution in [0.15, 0.2) is 78.1 Å². The number of thioether (sulfide) groups is 1. The summed E-state index contributed by atoms with van der Waals surface area (Å²) in [5, 5.41) is 4.01. The number of pyridine rings is 1. The molecule has 2 aromatic carbocycles. The topological polar surface area (TPSA) is 66.3 Å². The summed E-state index contributed by atoms with van der Waals surface area (Å²) in [6.07, 6.45) is 1.81. The number of piperazine rings is 1. The zero-order valence-electron chi connectivity index (χ0n) is 20.6. The lowest BCUT2D eigenvalue weighted by atomic mass is 10.1. The van der Waals surface area contributed by atoms with Crippen LogP contribution in [0, 0.1) is 0 Å². The molecule has 1 saturated heterocycles. The summed E-state index contributed by atoms with van der Waals surface area (Å²) in [4.78, 5) is 26.8. The number of carbonyl (C=O) groups is 1. The summed E-state index contributed by atoms with van der Waals surface area (Å²) in [5.74, 6) is 0.821. The van der Waals surface area contributed by atoms with Crippen molar-refractivity contribution in [3.8, 4) is 0 Å². The number of imidazole rings is 1. The van der Waals surface area contributed by atoms with Crippen LogP contribution in [0.1, 0.15) is 21.5 Å². The van der Waals surface area contributed by atoms with Gasteiger partial charge in [-0.3, -0.25) is 14.3 Å². The van der Waals surface area contributed by atoms with Crippen molar-refractivity contribution in [3.63, 3.8) is 0 Å². The molecule has 1 N–H and O–H groups in total. The number of aromatic nitrogens is 3. The predicted octanol–water partition coefficient (Wildman–Crippen LogP) is 3.75. The van der Waals surface area contributed by atoms with E-state index in [9.17, 15) is 4.79 Å². The van der Waals surface area contributed by atoms with Gasteiger partial charge in [0.15, 0.2) is 10.8 Å². The zero-order chi connectivity index (χ0) is 24.7. The second-order valence-corrected chi connectivity index (χ2v) is 10.1. The second-order valence-electron chi connectivity index (χ2n) is 9.20. The van der Waals surface area contributed by atoms with Gasteiger partial charge in [0, 0.05) is 56.8 Å². The van der Waals surface area contributed by atoms with Crippen molar-refractivity contribution in [2.45, 2.75) is 17.5 Å². The molecule has 0 radical (unpaired) electrons. The average Bonchev–Trinajstić information content (AvgIpc) is 3.26. The van der Waals surface area contributed by atoms with E-state index in [0.29, 0.717) is 18.7 Å². The normalized spacial score (nSPS) is 14.8. The van der Waals surface area contributed by atoms with Gasteiger partial charge in [0.2, 0.25) is 0 Å². The standard InChI is InChI=1S/C28H32N6OS/c1-32-16-18-33(19-17-32)15-14-30-27(35)24-11-9-22(10-12-24)20-34-26-25(8-5-13-29-26)31-28(34)36-21-23-6-3-2-4-7-23/h2-13H,14-21H2,1H3,(H,30,35). The second kappa shape index (κ2) is 11.7. The van der Waals surface area contributed by atoms with Crippen molar-refractivity contribution in [1.82, 2.24) is 29.7 Å². The van der Waals surface area contributed by atoms with E-state index in [2.05, 4.69) is 56.0 Å². The fourth-order valence-electron chi connectivity index (χ4n) is 4.36. The van der Waals surface area contributed by atoms with E-state index in [1.807, 2.05) is 48.7 Å². The van der Waals surface area contributed by atoms with E-state index in [0.717, 1.165) is 60.4 Å². The first-order valence-electron chi connectivity index (χ1n) is 12.4. The first kappa shape index (κ1) is 24.5. The SMILES string of the molecule is CN1CCN(CCNC(=O)c2ccc(Cn3c(SCc4ccccc4)nc4cccnc43)cc2)CC1. The molecule has 5 rings (SSSR count). The fraction of sp³-hybridized carbons (Fsp3) is 0.321. The maximum absolute atomic E-state index is 12.6. The number of carbonyl (C=O) groups excluding carboxylic acids is 1. The van der Waals surface area contributed by atoms with Gasteiger partial charge in [0.25, 0.3) is 5.91 Å². The molecule has 1 aliphatic heterocycles. The van der Waals surface area contributed by atoms with Crippen LogP contribution in [0.25, 0.3) is 11.2 Å². The predicted molar refractivity (Wildman–Crippen MR) is 145 cm³/mol. The van der Waals surface area contributed by atoms with Crippen LogP contribution in [0.2, 0.25) is 0 Å². The van der Waals surface area contributed by atoms with Gasteiger partial charge in [-0.05, 0) is 42.4 Å². The molecular weight excluding hydrogens is 468 g/mol. The summed E-state index contributed by atoms with van der Waals surface area (Å²) in [7, 11) is 2.15. The Kier molecular flexibility index (Phi) is 7.95. The minimum atomic E-state index is -0.0236. The Morgan fingerprint density at radius 2 is 1.72 bits per heavy atom. The van der Waals surface area contributed by atoms with Crippen LogP contribution in [0.4, 0.5) is 0 Å². The van der Waals surface area contributed by atoms with Crippen molar-refractivity contribution in [3.05, 3.63) is 89.6 Å². The molecule has 36 heavy (non-hydrogen) atoms. The Bertz CT molecular complexity index is 1280. The van der Waals surface area contributed by atoms with E-state index in [4.69, 9.17) is 4.98 Å². The number of rotatable bonds is 9. The minimum absolute atomic E-state index is 0.0236. The number of nitrogens with zero attached hydrogens (tertiary/aromatic N) is 5. The first-order valence-corrected chi connectivity index (χ1v) is 13.4. The third-order valence-corrected chi connectivity index (χ3v) is 7.59. The molecule has 1 fully saturated rings. The third-order valence-electron chi connectivity index (χ3n) is 6.55. The number of amides is 1. The first-order chi connectivity index (χ1) is 17.7. The van der Waals surface area contributed by atoms with E-state index in [1.54, 1.807) is 11.8 Å². The van der Waals surface area contributed by atoms with Gasteiger partial charge in [-0.1, -0.05) is 54.2 Å². The number of nitrogens with one attached hydrogen (secondary N) is 1. The van der Waals surface area contributed by atoms with Gasteiger partial charge in [0.1, 0.15) is 5.52 Å². The smallest absolute Gasteiger partial charge is 0.251 e. The molecule has 7 nitrogen and oxygen atoms in total. The average molecular weight is 501 g/mol. The molecule has 2 aromatic heterocycles. The highest BCUT2D eigenvalue weighted by atomic mass is 32.2. The number of hydrogen-bond acceptors (Lipinski definition) is 6. The molecule has 0 aliphatic carbocycles. The Morgan fingerprint density at radius 3 is 2.50 bits per heavy atom. The van der Waals surface area contributed by atoms with Gasteiger partial charge in [-0.25, -0.2) is 9.97 Å². The number of benzene rings is 2. The summed E-state index contributed by atoms with van der Waals surface area (Å²) < 4.78 is 2.16. The fourth-order valence-corrected chi connectivity index (χ4v) is 5.32. The molecule has 8 heteroatoms. The van der Waals surface area contributed by atoms with E-state index < -0.39 is 0 Å². The molecule has 0 saturated carbocycles. The molecule has 0 bridgehead atoms. The largest absolute Gasteiger partial charge is 0.351 e. The Hall–Kier alpha value is -3.20. The van der Waals surface area contributed by atoms with Crippen LogP contribution in [0.3, 0.4) is 0 Å². The summed E-state index contributed by atoms with van der Waals surface area (Å²) in [6.45, 7) is 6.50. The maximum Gasteiger partial charge on any atom is 0.251 e. The Morgan fingerprint density at radius 1 is 0.944 bits per heavy atom. The van der Waals surface area contributed by atoms with Crippen molar-refractivity contribution >= 4 is 28.8 Å². The lowest BCUT2D eigenvalue weighted by molar-refractivity contribution is 0.0941. The lowest BCUT2D eigenvalue weighted by Crippen LogP contribution is -2.46. The zero-order valence-corrected chi connectivity index (χ0v) is 21.5. The number of fused-ring (bicyclic) bond motifs is 1. The highest BCUT2D eigenvalue weighted by Gasteiger charge is 2.15. The van der Waals surface area contributed by atoms with Gasteiger partial charge in [-0.2, -0.15) is 0 Å². The summed E-state index contributed by atoms with van der Waals surface area (Å²) in [5.41, 5.74) is 4.82. The van der Waals surface area contributed by atoms with Crippen LogP contribution in [-0.4, -0.2) is 76.6 Å². The minimum Gasteiger partial charge on any atom is -0.351 e. The van der Waals surface area contributed by atoms with E-state index in [-0.39, 0.29) is 5.91 Å². The molecule has 3 heterocycles. The molecule has 186 valence electrons. The highest BCUT2D eigenvalue weighted by molar-refractivity contribution is 7.98. The van der Waals surface area contributed by atoms with Crippen molar-refractivity contribution < 1.29 is 4.79 Å². The molecule has 1 amide bonds. The monoisotopic (exact) mass is 500 g/mol. The van der Waals surface area contributed by atoms with Gasteiger partial charge in [0.05, 0.1) is 6.54 Å². The highest BCUT2D eigenvalue weighted by Crippen LogP contribution is 2.27. The van der Waals surface area contributed by atoms with Gasteiger partial charge in [-0.15, -0.1) is 0 Å². The molecule has 0 spiro atoms. The lowest BCUT2D eigenvalue weighted by Gasteiger charge is -2.32. The van der Waals surface area contributed by atoms with Crippen LogP contribution in [-0.2, 0) is 12.3 Å². The maximum atomic E-state index is 12.6. The van der Waals surface area contributed by atoms with Gasteiger partial charge < -0.3 is 10.2 Å². The van der Waals surface area contributed by atoms with Crippen molar-refractivity contribution in [2.75, 3.05) is 46.3 Å². The quantitative estimate of drug-likeness (QED) is 0.353. The number of likely N-dealkylation sites (N-methyl/N-ethyl adjacent to an activating group) is 1. The molecule has 4 aromatic rings. The Labute approximate surface area is 216 Å². The van der Waals surface area contributed by atoms with Crippen molar-refractivity contribution in [1.29, 1.82) is 0 Å². The Balaban J connectivity index is 1.22. The number of hydrogen-bond donors (Lipinski definition) is 1. The van der Waals surface area contributed by atoms with E-state index >= 15 is 0 Å². The molecule has 1 aliphatic rings. The molecule has 0 unspecified atom stereocenters. The van der Waals surface area contributed by atoms with Crippen LogP contribution >= 0.6 is 11.8 Å². The summed E-state index contributed by atoms with van der Waals surface area (Å²) in [6, 6.07) is 22.2. The van der Waals surface area contributed by atoms with Gasteiger partial charge >= 0.3 is 0 Å².